The van der Waals surface area contributed by atoms with E-state index in [1.165, 1.54) is 6.07 Å². The Morgan fingerprint density at radius 3 is 2.77 bits per heavy atom. The van der Waals surface area contributed by atoms with E-state index in [-0.39, 0.29) is 17.4 Å². The lowest BCUT2D eigenvalue weighted by Gasteiger charge is -2.35. The summed E-state index contributed by atoms with van der Waals surface area (Å²) in [7, 11) is 0. The number of fused-ring (bicyclic) bond motifs is 1. The summed E-state index contributed by atoms with van der Waals surface area (Å²) in [6.07, 6.45) is -1.56. The van der Waals surface area contributed by atoms with Crippen LogP contribution in [0.2, 0.25) is 0 Å². The molecule has 1 saturated heterocycles. The Balaban J connectivity index is 2.10. The van der Waals surface area contributed by atoms with Crippen LogP contribution in [0.3, 0.4) is 0 Å². The van der Waals surface area contributed by atoms with Crippen LogP contribution < -0.4 is 5.69 Å². The van der Waals surface area contributed by atoms with Crippen molar-refractivity contribution in [1.82, 2.24) is 14.5 Å². The molecule has 1 atom stereocenters. The SMILES string of the molecule is CCN1CCCCC1n1c(=O)[nH]c2cc(C(F)(F)F)ccc21. The molecule has 2 heterocycles. The standard InChI is InChI=1S/C15H18F3N3O/c1-2-20-8-4-3-5-13(20)21-12-7-6-10(15(16,17)18)9-11(12)19-14(21)22/h6-7,9,13H,2-5,8H2,1H3,(H,19,22). The fraction of sp³-hybridized carbons (Fsp3) is 0.533. The zero-order valence-corrected chi connectivity index (χ0v) is 12.3. The Bertz CT molecular complexity index is 732. The number of piperidine rings is 1. The summed E-state index contributed by atoms with van der Waals surface area (Å²) in [5.41, 5.74) is -0.325. The number of alkyl halides is 3. The van der Waals surface area contributed by atoms with Crippen LogP contribution in [0.15, 0.2) is 23.0 Å². The molecule has 1 N–H and O–H groups in total. The van der Waals surface area contributed by atoms with E-state index in [9.17, 15) is 18.0 Å². The van der Waals surface area contributed by atoms with Gasteiger partial charge in [-0.2, -0.15) is 13.2 Å². The Labute approximate surface area is 125 Å². The minimum Gasteiger partial charge on any atom is -0.305 e. The average Bonchev–Trinajstić information content (AvgIpc) is 2.81. The first-order valence-corrected chi connectivity index (χ1v) is 7.47. The van der Waals surface area contributed by atoms with Gasteiger partial charge in [-0.25, -0.2) is 4.79 Å². The molecule has 0 saturated carbocycles. The van der Waals surface area contributed by atoms with E-state index in [0.29, 0.717) is 5.52 Å². The molecule has 0 aliphatic carbocycles. The van der Waals surface area contributed by atoms with E-state index in [4.69, 9.17) is 0 Å². The van der Waals surface area contributed by atoms with Gasteiger partial charge in [0.25, 0.3) is 0 Å². The number of aromatic nitrogens is 2. The molecule has 7 heteroatoms. The van der Waals surface area contributed by atoms with Gasteiger partial charge in [-0.05, 0) is 44.0 Å². The highest BCUT2D eigenvalue weighted by atomic mass is 19.4. The van der Waals surface area contributed by atoms with Gasteiger partial charge in [-0.15, -0.1) is 0 Å². The van der Waals surface area contributed by atoms with E-state index in [1.54, 1.807) is 4.57 Å². The highest BCUT2D eigenvalue weighted by Gasteiger charge is 2.32. The smallest absolute Gasteiger partial charge is 0.305 e. The molecule has 120 valence electrons. The van der Waals surface area contributed by atoms with Crippen LogP contribution in [-0.2, 0) is 6.18 Å². The Kier molecular flexibility index (Phi) is 3.76. The maximum absolute atomic E-state index is 12.8. The second-order valence-electron chi connectivity index (χ2n) is 5.63. The van der Waals surface area contributed by atoms with Gasteiger partial charge in [0.05, 0.1) is 22.8 Å². The third-order valence-electron chi connectivity index (χ3n) is 4.33. The summed E-state index contributed by atoms with van der Waals surface area (Å²) in [6, 6.07) is 3.43. The van der Waals surface area contributed by atoms with Crippen LogP contribution in [0, 0.1) is 0 Å². The summed E-state index contributed by atoms with van der Waals surface area (Å²) >= 11 is 0. The number of aromatic amines is 1. The molecule has 22 heavy (non-hydrogen) atoms. The molecule has 0 spiro atoms. The quantitative estimate of drug-likeness (QED) is 0.923. The highest BCUT2D eigenvalue weighted by Crippen LogP contribution is 2.32. The number of halogens is 3. The lowest BCUT2D eigenvalue weighted by Crippen LogP contribution is -2.40. The molecular formula is C15H18F3N3O. The minimum atomic E-state index is -4.41. The van der Waals surface area contributed by atoms with Crippen LogP contribution in [0.25, 0.3) is 11.0 Å². The molecule has 0 bridgehead atoms. The van der Waals surface area contributed by atoms with Gasteiger partial charge in [0.15, 0.2) is 0 Å². The van der Waals surface area contributed by atoms with Crippen molar-refractivity contribution in [3.05, 3.63) is 34.2 Å². The molecule has 4 nitrogen and oxygen atoms in total. The third-order valence-corrected chi connectivity index (χ3v) is 4.33. The van der Waals surface area contributed by atoms with E-state index in [0.717, 1.165) is 44.5 Å². The molecule has 1 aliphatic heterocycles. The number of hydrogen-bond acceptors (Lipinski definition) is 2. The van der Waals surface area contributed by atoms with Crippen molar-refractivity contribution in [1.29, 1.82) is 0 Å². The van der Waals surface area contributed by atoms with Gasteiger partial charge in [-0.1, -0.05) is 6.92 Å². The first-order chi connectivity index (χ1) is 10.4. The van der Waals surface area contributed by atoms with Gasteiger partial charge in [0, 0.05) is 6.54 Å². The summed E-state index contributed by atoms with van der Waals surface area (Å²) in [5, 5.41) is 0. The molecule has 1 fully saturated rings. The summed E-state index contributed by atoms with van der Waals surface area (Å²) in [6.45, 7) is 3.74. The monoisotopic (exact) mass is 313 g/mol. The number of rotatable bonds is 2. The Morgan fingerprint density at radius 1 is 1.32 bits per heavy atom. The van der Waals surface area contributed by atoms with Gasteiger partial charge >= 0.3 is 11.9 Å². The van der Waals surface area contributed by atoms with Crippen molar-refractivity contribution in [3.8, 4) is 0 Å². The van der Waals surface area contributed by atoms with Crippen molar-refractivity contribution in [2.75, 3.05) is 13.1 Å². The molecular weight excluding hydrogens is 295 g/mol. The first-order valence-electron chi connectivity index (χ1n) is 7.47. The van der Waals surface area contributed by atoms with Crippen LogP contribution in [0.5, 0.6) is 0 Å². The molecule has 1 aromatic carbocycles. The number of nitrogens with zero attached hydrogens (tertiary/aromatic N) is 2. The number of nitrogens with one attached hydrogen (secondary N) is 1. The van der Waals surface area contributed by atoms with E-state index >= 15 is 0 Å². The van der Waals surface area contributed by atoms with Gasteiger partial charge < -0.3 is 4.98 Å². The van der Waals surface area contributed by atoms with E-state index < -0.39 is 11.7 Å². The van der Waals surface area contributed by atoms with Crippen molar-refractivity contribution in [2.45, 2.75) is 38.5 Å². The minimum absolute atomic E-state index is 0.0864. The molecule has 2 aromatic rings. The Hall–Kier alpha value is -1.76. The maximum atomic E-state index is 12.8. The lowest BCUT2D eigenvalue weighted by atomic mass is 10.1. The Morgan fingerprint density at radius 2 is 2.09 bits per heavy atom. The summed E-state index contributed by atoms with van der Waals surface area (Å²) in [4.78, 5) is 17.0. The van der Waals surface area contributed by atoms with Crippen molar-refractivity contribution in [3.63, 3.8) is 0 Å². The number of H-pyrrole nitrogens is 1. The number of likely N-dealkylation sites (tertiary alicyclic amines) is 1. The molecule has 1 unspecified atom stereocenters. The van der Waals surface area contributed by atoms with Crippen molar-refractivity contribution >= 4 is 11.0 Å². The molecule has 0 amide bonds. The van der Waals surface area contributed by atoms with Crippen LogP contribution in [-0.4, -0.2) is 27.5 Å². The normalized spacial score (nSPS) is 20.6. The van der Waals surface area contributed by atoms with Gasteiger partial charge in [0.2, 0.25) is 0 Å². The zero-order valence-electron chi connectivity index (χ0n) is 12.3. The third kappa shape index (κ3) is 2.54. The largest absolute Gasteiger partial charge is 0.416 e. The molecule has 3 rings (SSSR count). The van der Waals surface area contributed by atoms with Crippen molar-refractivity contribution < 1.29 is 13.2 Å². The summed E-state index contributed by atoms with van der Waals surface area (Å²) < 4.78 is 40.0. The van der Waals surface area contributed by atoms with E-state index in [2.05, 4.69) is 9.88 Å². The zero-order chi connectivity index (χ0) is 15.9. The van der Waals surface area contributed by atoms with Gasteiger partial charge in [-0.3, -0.25) is 9.47 Å². The predicted molar refractivity (Wildman–Crippen MR) is 77.7 cm³/mol. The fourth-order valence-electron chi connectivity index (χ4n) is 3.24. The maximum Gasteiger partial charge on any atom is 0.416 e. The summed E-state index contributed by atoms with van der Waals surface area (Å²) in [5.74, 6) is 0. The fourth-order valence-corrected chi connectivity index (χ4v) is 3.24. The van der Waals surface area contributed by atoms with Crippen molar-refractivity contribution in [2.24, 2.45) is 0 Å². The predicted octanol–water partition coefficient (Wildman–Crippen LogP) is 3.35. The van der Waals surface area contributed by atoms with Crippen LogP contribution in [0.1, 0.15) is 37.9 Å². The second kappa shape index (κ2) is 5.46. The molecule has 1 aliphatic rings. The topological polar surface area (TPSA) is 41.0 Å². The highest BCUT2D eigenvalue weighted by molar-refractivity contribution is 5.76. The van der Waals surface area contributed by atoms with Crippen LogP contribution in [0.4, 0.5) is 13.2 Å². The number of hydrogen-bond donors (Lipinski definition) is 1. The van der Waals surface area contributed by atoms with E-state index in [1.807, 2.05) is 6.92 Å². The second-order valence-corrected chi connectivity index (χ2v) is 5.63. The van der Waals surface area contributed by atoms with Crippen LogP contribution >= 0.6 is 0 Å². The average molecular weight is 313 g/mol. The first kappa shape index (κ1) is 15.1. The molecule has 1 aromatic heterocycles. The lowest BCUT2D eigenvalue weighted by molar-refractivity contribution is -0.137. The van der Waals surface area contributed by atoms with Gasteiger partial charge in [0.1, 0.15) is 0 Å². The number of imidazole rings is 1. The number of benzene rings is 1. The molecule has 0 radical (unpaired) electrons.